The Balaban J connectivity index is 0.00000480. The van der Waals surface area contributed by atoms with Crippen molar-refractivity contribution in [1.29, 1.82) is 0 Å². The number of hydrogen-bond acceptors (Lipinski definition) is 3. The van der Waals surface area contributed by atoms with E-state index in [2.05, 4.69) is 47.3 Å². The number of rotatable bonds is 9. The summed E-state index contributed by atoms with van der Waals surface area (Å²) in [6.45, 7) is 11.7. The van der Waals surface area contributed by atoms with Gasteiger partial charge in [-0.2, -0.15) is 0 Å². The average molecular weight is 564 g/mol. The number of hydrogen-bond donors (Lipinski definition) is 2. The summed E-state index contributed by atoms with van der Waals surface area (Å²) in [7, 11) is 1.71. The van der Waals surface area contributed by atoms with Crippen LogP contribution in [0.15, 0.2) is 29.3 Å². The molecule has 2 N–H and O–H groups in total. The Morgan fingerprint density at radius 2 is 1.87 bits per heavy atom. The first kappa shape index (κ1) is 28.0. The maximum atomic E-state index is 11.7. The molecule has 0 saturated carbocycles. The predicted octanol–water partition coefficient (Wildman–Crippen LogP) is 4.15. The normalized spacial score (nSPS) is 16.1. The second kappa shape index (κ2) is 14.9. The molecule has 31 heavy (non-hydrogen) atoms. The van der Waals surface area contributed by atoms with Gasteiger partial charge in [-0.1, -0.05) is 43.6 Å². The molecule has 1 aromatic rings. The minimum absolute atomic E-state index is 0. The molecule has 2 rings (SSSR count). The first-order valence-corrected chi connectivity index (χ1v) is 11.6. The van der Waals surface area contributed by atoms with Crippen molar-refractivity contribution in [2.24, 2.45) is 10.9 Å². The van der Waals surface area contributed by atoms with Gasteiger partial charge in [0.15, 0.2) is 5.96 Å². The molecular formula is C23H39ClIN5O. The number of halogens is 2. The number of carbonyl (C=O) groups excluding carboxylic acids is 1. The van der Waals surface area contributed by atoms with Gasteiger partial charge in [-0.3, -0.25) is 14.7 Å². The summed E-state index contributed by atoms with van der Waals surface area (Å²) in [4.78, 5) is 21.4. The number of likely N-dealkylation sites (N-methyl/N-ethyl adjacent to an activating group) is 1. The van der Waals surface area contributed by atoms with Gasteiger partial charge >= 0.3 is 0 Å². The Kier molecular flexibility index (Phi) is 13.4. The number of nitrogens with zero attached hydrogens (tertiary/aromatic N) is 3. The molecule has 6 nitrogen and oxygen atoms in total. The van der Waals surface area contributed by atoms with Gasteiger partial charge in [-0.25, -0.2) is 0 Å². The molecule has 1 heterocycles. The lowest BCUT2D eigenvalue weighted by atomic mass is 9.93. The highest BCUT2D eigenvalue weighted by molar-refractivity contribution is 14.0. The highest BCUT2D eigenvalue weighted by atomic mass is 127. The van der Waals surface area contributed by atoms with Crippen LogP contribution in [0, 0.1) is 5.92 Å². The quantitative estimate of drug-likeness (QED) is 0.269. The van der Waals surface area contributed by atoms with Gasteiger partial charge in [0.1, 0.15) is 0 Å². The van der Waals surface area contributed by atoms with Crippen LogP contribution in [0.1, 0.15) is 51.6 Å². The van der Waals surface area contributed by atoms with Crippen molar-refractivity contribution in [2.45, 2.75) is 46.1 Å². The van der Waals surface area contributed by atoms with E-state index in [0.717, 1.165) is 62.1 Å². The highest BCUT2D eigenvalue weighted by Crippen LogP contribution is 2.28. The molecule has 0 aliphatic carbocycles. The molecule has 1 atom stereocenters. The Morgan fingerprint density at radius 3 is 2.42 bits per heavy atom. The van der Waals surface area contributed by atoms with Gasteiger partial charge in [0, 0.05) is 38.1 Å². The zero-order valence-corrected chi connectivity index (χ0v) is 22.5. The molecule has 1 aliphatic rings. The topological polar surface area (TPSA) is 60.0 Å². The number of guanidine groups is 1. The van der Waals surface area contributed by atoms with E-state index in [0.29, 0.717) is 18.9 Å². The monoisotopic (exact) mass is 563 g/mol. The Hall–Kier alpha value is -1.06. The molecular weight excluding hydrogens is 525 g/mol. The minimum Gasteiger partial charge on any atom is -0.359 e. The van der Waals surface area contributed by atoms with Crippen LogP contribution in [0.2, 0.25) is 5.02 Å². The van der Waals surface area contributed by atoms with Gasteiger partial charge < -0.3 is 15.5 Å². The summed E-state index contributed by atoms with van der Waals surface area (Å²) >= 11 is 6.54. The molecule has 1 unspecified atom stereocenters. The molecule has 1 amide bonds. The van der Waals surface area contributed by atoms with E-state index in [1.165, 1.54) is 0 Å². The molecule has 0 aromatic heterocycles. The van der Waals surface area contributed by atoms with Gasteiger partial charge in [-0.05, 0) is 50.4 Å². The molecule has 176 valence electrons. The Morgan fingerprint density at radius 1 is 1.23 bits per heavy atom. The van der Waals surface area contributed by atoms with Crippen LogP contribution < -0.4 is 10.6 Å². The molecule has 0 radical (unpaired) electrons. The van der Waals surface area contributed by atoms with Crippen LogP contribution >= 0.6 is 35.6 Å². The fraction of sp³-hybridized carbons (Fsp3) is 0.652. The van der Waals surface area contributed by atoms with Gasteiger partial charge in [0.2, 0.25) is 5.91 Å². The molecule has 0 spiro atoms. The second-order valence-corrected chi connectivity index (χ2v) is 8.17. The largest absolute Gasteiger partial charge is 0.359 e. The SMILES string of the molecule is CCNC(=NCC(c1ccccc1Cl)N(CC)CC)N1CCC(CC(=O)NC)CC1.I. The summed E-state index contributed by atoms with van der Waals surface area (Å²) in [6, 6.07) is 8.23. The van der Waals surface area contributed by atoms with Crippen molar-refractivity contribution in [2.75, 3.05) is 46.3 Å². The van der Waals surface area contributed by atoms with E-state index in [4.69, 9.17) is 16.6 Å². The number of piperidine rings is 1. The zero-order valence-electron chi connectivity index (χ0n) is 19.4. The molecule has 1 saturated heterocycles. The van der Waals surface area contributed by atoms with Gasteiger partial charge in [0.25, 0.3) is 0 Å². The summed E-state index contributed by atoms with van der Waals surface area (Å²) in [5.41, 5.74) is 1.13. The van der Waals surface area contributed by atoms with Crippen molar-refractivity contribution in [1.82, 2.24) is 20.4 Å². The number of aliphatic imine (C=N–C) groups is 1. The first-order valence-electron chi connectivity index (χ1n) is 11.3. The molecule has 8 heteroatoms. The van der Waals surface area contributed by atoms with Crippen molar-refractivity contribution in [3.05, 3.63) is 34.9 Å². The summed E-state index contributed by atoms with van der Waals surface area (Å²) in [5, 5.41) is 6.99. The van der Waals surface area contributed by atoms with Crippen molar-refractivity contribution in [3.63, 3.8) is 0 Å². The lowest BCUT2D eigenvalue weighted by Crippen LogP contribution is -2.46. The van der Waals surface area contributed by atoms with Crippen molar-refractivity contribution < 1.29 is 4.79 Å². The number of benzene rings is 1. The fourth-order valence-corrected chi connectivity index (χ4v) is 4.39. The number of amides is 1. The van der Waals surface area contributed by atoms with Crippen LogP contribution in [0.25, 0.3) is 0 Å². The molecule has 1 aliphatic heterocycles. The lowest BCUT2D eigenvalue weighted by molar-refractivity contribution is -0.121. The van der Waals surface area contributed by atoms with E-state index < -0.39 is 0 Å². The third-order valence-electron chi connectivity index (χ3n) is 5.93. The maximum absolute atomic E-state index is 11.7. The molecule has 1 fully saturated rings. The van der Waals surface area contributed by atoms with E-state index in [1.54, 1.807) is 7.05 Å². The van der Waals surface area contributed by atoms with Crippen LogP contribution in [-0.2, 0) is 4.79 Å². The van der Waals surface area contributed by atoms with Gasteiger partial charge in [-0.15, -0.1) is 24.0 Å². The predicted molar refractivity (Wildman–Crippen MR) is 141 cm³/mol. The third-order valence-corrected chi connectivity index (χ3v) is 6.28. The Labute approximate surface area is 210 Å². The standard InChI is InChI=1S/C23H38ClN5O.HI/c1-5-26-23(29-14-12-18(13-15-29)16-22(30)25-4)27-17-21(28(6-2)7-3)19-10-8-9-11-20(19)24;/h8-11,18,21H,5-7,12-17H2,1-4H3,(H,25,30)(H,26,27);1H. The number of carbonyl (C=O) groups is 1. The Bertz CT molecular complexity index is 690. The van der Waals surface area contributed by atoms with Crippen LogP contribution in [0.5, 0.6) is 0 Å². The zero-order chi connectivity index (χ0) is 21.9. The number of nitrogens with one attached hydrogen (secondary N) is 2. The summed E-state index contributed by atoms with van der Waals surface area (Å²) in [6.07, 6.45) is 2.65. The van der Waals surface area contributed by atoms with E-state index in [1.807, 2.05) is 18.2 Å². The van der Waals surface area contributed by atoms with Crippen LogP contribution in [0.3, 0.4) is 0 Å². The highest BCUT2D eigenvalue weighted by Gasteiger charge is 2.24. The number of likely N-dealkylation sites (tertiary alicyclic amines) is 1. The van der Waals surface area contributed by atoms with Crippen molar-refractivity contribution >= 4 is 47.4 Å². The van der Waals surface area contributed by atoms with Crippen LogP contribution in [0.4, 0.5) is 0 Å². The fourth-order valence-electron chi connectivity index (χ4n) is 4.13. The molecule has 1 aromatic carbocycles. The van der Waals surface area contributed by atoms with E-state index in [-0.39, 0.29) is 35.9 Å². The van der Waals surface area contributed by atoms with Crippen molar-refractivity contribution in [3.8, 4) is 0 Å². The molecule has 0 bridgehead atoms. The first-order chi connectivity index (χ1) is 14.5. The van der Waals surface area contributed by atoms with Crippen LogP contribution in [-0.4, -0.2) is 68.0 Å². The summed E-state index contributed by atoms with van der Waals surface area (Å²) in [5.74, 6) is 1.55. The minimum atomic E-state index is 0. The lowest BCUT2D eigenvalue weighted by Gasteiger charge is -2.35. The second-order valence-electron chi connectivity index (χ2n) is 7.76. The maximum Gasteiger partial charge on any atom is 0.220 e. The third kappa shape index (κ3) is 8.42. The van der Waals surface area contributed by atoms with E-state index >= 15 is 0 Å². The average Bonchev–Trinajstić information content (AvgIpc) is 2.77. The van der Waals surface area contributed by atoms with Gasteiger partial charge in [0.05, 0.1) is 12.6 Å². The smallest absolute Gasteiger partial charge is 0.220 e. The summed E-state index contributed by atoms with van der Waals surface area (Å²) < 4.78 is 0. The van der Waals surface area contributed by atoms with E-state index in [9.17, 15) is 4.79 Å².